The lowest BCUT2D eigenvalue weighted by Crippen LogP contribution is -2.24. The van der Waals surface area contributed by atoms with Gasteiger partial charge in [0.15, 0.2) is 0 Å². The summed E-state index contributed by atoms with van der Waals surface area (Å²) in [5.74, 6) is 0.809. The number of halogens is 3. The van der Waals surface area contributed by atoms with Crippen LogP contribution in [-0.4, -0.2) is 29.2 Å². The molecule has 1 unspecified atom stereocenters. The molecule has 0 amide bonds. The molecule has 0 aliphatic heterocycles. The van der Waals surface area contributed by atoms with E-state index in [9.17, 15) is 13.2 Å². The SMILES string of the molecule is CNc1nc(NC(C)CC(F)(F)F)c2ccsc2n1. The van der Waals surface area contributed by atoms with Gasteiger partial charge >= 0.3 is 6.18 Å². The Balaban J connectivity index is 2.26. The van der Waals surface area contributed by atoms with Crippen molar-refractivity contribution in [2.45, 2.75) is 25.6 Å². The second-order valence-electron chi connectivity index (χ2n) is 4.15. The Labute approximate surface area is 112 Å². The van der Waals surface area contributed by atoms with E-state index in [0.717, 1.165) is 10.2 Å². The summed E-state index contributed by atoms with van der Waals surface area (Å²) >= 11 is 1.42. The van der Waals surface area contributed by atoms with E-state index in [1.807, 2.05) is 5.38 Å². The molecule has 1 atom stereocenters. The molecule has 8 heteroatoms. The quantitative estimate of drug-likeness (QED) is 0.905. The van der Waals surface area contributed by atoms with Gasteiger partial charge in [0.25, 0.3) is 0 Å². The highest BCUT2D eigenvalue weighted by molar-refractivity contribution is 7.16. The van der Waals surface area contributed by atoms with Crippen LogP contribution in [0.4, 0.5) is 24.9 Å². The predicted octanol–water partition coefficient (Wildman–Crippen LogP) is 3.49. The van der Waals surface area contributed by atoms with Gasteiger partial charge in [0, 0.05) is 13.1 Å². The summed E-state index contributed by atoms with van der Waals surface area (Å²) in [5.41, 5.74) is 0. The minimum absolute atomic E-state index is 0.386. The van der Waals surface area contributed by atoms with Gasteiger partial charge in [-0.25, -0.2) is 4.98 Å². The van der Waals surface area contributed by atoms with Crippen molar-refractivity contribution in [3.05, 3.63) is 11.4 Å². The molecule has 0 aromatic carbocycles. The Hall–Kier alpha value is -1.57. The maximum atomic E-state index is 12.3. The van der Waals surface area contributed by atoms with E-state index in [-0.39, 0.29) is 0 Å². The zero-order chi connectivity index (χ0) is 14.0. The highest BCUT2D eigenvalue weighted by Crippen LogP contribution is 2.28. The van der Waals surface area contributed by atoms with Crippen LogP contribution in [0.5, 0.6) is 0 Å². The van der Waals surface area contributed by atoms with E-state index in [2.05, 4.69) is 20.6 Å². The van der Waals surface area contributed by atoms with Crippen LogP contribution in [0, 0.1) is 0 Å². The minimum Gasteiger partial charge on any atom is -0.367 e. The Bertz CT molecular complexity index is 567. The van der Waals surface area contributed by atoms with Gasteiger partial charge in [-0.3, -0.25) is 0 Å². The molecule has 2 aromatic heterocycles. The molecule has 0 fully saturated rings. The summed E-state index contributed by atoms with van der Waals surface area (Å²) in [6.45, 7) is 1.48. The van der Waals surface area contributed by atoms with Crippen LogP contribution in [0.2, 0.25) is 0 Å². The molecule has 19 heavy (non-hydrogen) atoms. The number of alkyl halides is 3. The Morgan fingerprint density at radius 1 is 1.37 bits per heavy atom. The van der Waals surface area contributed by atoms with Gasteiger partial charge in [-0.05, 0) is 18.4 Å². The van der Waals surface area contributed by atoms with E-state index in [1.165, 1.54) is 18.3 Å². The highest BCUT2D eigenvalue weighted by Gasteiger charge is 2.30. The molecule has 0 saturated carbocycles. The fourth-order valence-electron chi connectivity index (χ4n) is 1.71. The molecule has 2 heterocycles. The third-order valence-electron chi connectivity index (χ3n) is 2.47. The average Bonchev–Trinajstić information content (AvgIpc) is 2.74. The largest absolute Gasteiger partial charge is 0.391 e. The van der Waals surface area contributed by atoms with Crippen LogP contribution >= 0.6 is 11.3 Å². The fourth-order valence-corrected chi connectivity index (χ4v) is 2.47. The van der Waals surface area contributed by atoms with Crippen molar-refractivity contribution in [1.82, 2.24) is 9.97 Å². The second kappa shape index (κ2) is 5.20. The first-order chi connectivity index (χ1) is 8.89. The summed E-state index contributed by atoms with van der Waals surface area (Å²) in [6, 6.07) is 1.05. The molecule has 4 nitrogen and oxygen atoms in total. The molecule has 0 bridgehead atoms. The average molecular weight is 290 g/mol. The zero-order valence-corrected chi connectivity index (χ0v) is 11.2. The van der Waals surface area contributed by atoms with Crippen LogP contribution in [0.1, 0.15) is 13.3 Å². The van der Waals surface area contributed by atoms with E-state index in [1.54, 1.807) is 13.1 Å². The lowest BCUT2D eigenvalue weighted by Gasteiger charge is -2.17. The smallest absolute Gasteiger partial charge is 0.367 e. The molecule has 0 radical (unpaired) electrons. The normalized spacial score (nSPS) is 13.5. The number of fused-ring (bicyclic) bond motifs is 1. The molecule has 2 N–H and O–H groups in total. The number of hydrogen-bond donors (Lipinski definition) is 2. The number of nitrogens with zero attached hydrogens (tertiary/aromatic N) is 2. The molecule has 2 rings (SSSR count). The number of nitrogens with one attached hydrogen (secondary N) is 2. The molecule has 104 valence electrons. The lowest BCUT2D eigenvalue weighted by molar-refractivity contribution is -0.136. The first-order valence-corrected chi connectivity index (χ1v) is 6.53. The summed E-state index contributed by atoms with van der Waals surface area (Å²) in [5, 5.41) is 8.16. The maximum Gasteiger partial charge on any atom is 0.391 e. The van der Waals surface area contributed by atoms with Crippen molar-refractivity contribution in [2.75, 3.05) is 17.7 Å². The van der Waals surface area contributed by atoms with Gasteiger partial charge in [-0.15, -0.1) is 11.3 Å². The van der Waals surface area contributed by atoms with Gasteiger partial charge in [-0.1, -0.05) is 0 Å². The number of thiophene rings is 1. The predicted molar refractivity (Wildman–Crippen MR) is 70.7 cm³/mol. The van der Waals surface area contributed by atoms with E-state index in [4.69, 9.17) is 0 Å². The first-order valence-electron chi connectivity index (χ1n) is 5.65. The Kier molecular flexibility index (Phi) is 3.79. The van der Waals surface area contributed by atoms with Crippen molar-refractivity contribution >= 4 is 33.3 Å². The standard InChI is InChI=1S/C11H13F3N4S/c1-6(5-11(12,13)14)16-8-7-3-4-19-9(7)18-10(15-2)17-8/h3-4,6H,5H2,1-2H3,(H2,15,16,17,18). The van der Waals surface area contributed by atoms with Crippen LogP contribution in [0.25, 0.3) is 10.2 Å². The summed E-state index contributed by atoms with van der Waals surface area (Å²) in [7, 11) is 1.66. The van der Waals surface area contributed by atoms with E-state index >= 15 is 0 Å². The molecular formula is C11H13F3N4S. The van der Waals surface area contributed by atoms with Crippen LogP contribution in [0.15, 0.2) is 11.4 Å². The number of anilines is 2. The van der Waals surface area contributed by atoms with E-state index in [0.29, 0.717) is 11.8 Å². The molecule has 0 saturated heterocycles. The fraction of sp³-hybridized carbons (Fsp3) is 0.455. The van der Waals surface area contributed by atoms with Crippen LogP contribution < -0.4 is 10.6 Å². The minimum atomic E-state index is -4.20. The zero-order valence-electron chi connectivity index (χ0n) is 10.4. The summed E-state index contributed by atoms with van der Waals surface area (Å²) < 4.78 is 37.0. The topological polar surface area (TPSA) is 49.8 Å². The second-order valence-corrected chi connectivity index (χ2v) is 5.04. The number of hydrogen-bond acceptors (Lipinski definition) is 5. The highest BCUT2D eigenvalue weighted by atomic mass is 32.1. The molecular weight excluding hydrogens is 277 g/mol. The molecule has 0 aliphatic carbocycles. The molecule has 0 spiro atoms. The number of aromatic nitrogens is 2. The Morgan fingerprint density at radius 2 is 2.11 bits per heavy atom. The monoisotopic (exact) mass is 290 g/mol. The van der Waals surface area contributed by atoms with Crippen molar-refractivity contribution in [3.8, 4) is 0 Å². The van der Waals surface area contributed by atoms with Gasteiger partial charge in [0.2, 0.25) is 5.95 Å². The van der Waals surface area contributed by atoms with Crippen LogP contribution in [0.3, 0.4) is 0 Å². The van der Waals surface area contributed by atoms with Crippen molar-refractivity contribution < 1.29 is 13.2 Å². The maximum absolute atomic E-state index is 12.3. The van der Waals surface area contributed by atoms with Gasteiger partial charge < -0.3 is 10.6 Å². The van der Waals surface area contributed by atoms with Gasteiger partial charge in [0.05, 0.1) is 11.8 Å². The van der Waals surface area contributed by atoms with Crippen LogP contribution in [-0.2, 0) is 0 Å². The van der Waals surface area contributed by atoms with Crippen molar-refractivity contribution in [3.63, 3.8) is 0 Å². The lowest BCUT2D eigenvalue weighted by atomic mass is 10.2. The third-order valence-corrected chi connectivity index (χ3v) is 3.28. The molecule has 0 aliphatic rings. The van der Waals surface area contributed by atoms with Gasteiger partial charge in [0.1, 0.15) is 10.6 Å². The Morgan fingerprint density at radius 3 is 2.74 bits per heavy atom. The van der Waals surface area contributed by atoms with Crippen molar-refractivity contribution in [2.24, 2.45) is 0 Å². The number of rotatable bonds is 4. The third kappa shape index (κ3) is 3.46. The summed E-state index contributed by atoms with van der Waals surface area (Å²) in [4.78, 5) is 9.13. The first kappa shape index (κ1) is 13.9. The van der Waals surface area contributed by atoms with Crippen molar-refractivity contribution in [1.29, 1.82) is 0 Å². The van der Waals surface area contributed by atoms with E-state index < -0.39 is 18.6 Å². The molecule has 2 aromatic rings. The summed E-state index contributed by atoms with van der Waals surface area (Å²) in [6.07, 6.45) is -5.10. The van der Waals surface area contributed by atoms with Gasteiger partial charge in [-0.2, -0.15) is 18.2 Å².